The molecule has 3 rings (SSSR count). The summed E-state index contributed by atoms with van der Waals surface area (Å²) in [5.41, 5.74) is 1.84. The minimum absolute atomic E-state index is 0.103. The molecule has 0 spiro atoms. The number of carbonyl (C=O) groups excluding carboxylic acids is 1. The molecule has 1 aliphatic rings. The van der Waals surface area contributed by atoms with Gasteiger partial charge in [0.05, 0.1) is 12.2 Å². The van der Waals surface area contributed by atoms with E-state index in [-0.39, 0.29) is 12.1 Å². The van der Waals surface area contributed by atoms with Crippen molar-refractivity contribution in [3.05, 3.63) is 42.2 Å². The van der Waals surface area contributed by atoms with E-state index in [9.17, 15) is 9.00 Å². The molecule has 1 aromatic heterocycles. The number of piperidine rings is 1. The third-order valence-electron chi connectivity index (χ3n) is 4.23. The van der Waals surface area contributed by atoms with Gasteiger partial charge in [0.15, 0.2) is 0 Å². The Labute approximate surface area is 144 Å². The van der Waals surface area contributed by atoms with Crippen LogP contribution in [-0.4, -0.2) is 44.3 Å². The molecule has 2 amide bonds. The van der Waals surface area contributed by atoms with Crippen LogP contribution in [0.5, 0.6) is 0 Å². The lowest BCUT2D eigenvalue weighted by Crippen LogP contribution is -2.43. The van der Waals surface area contributed by atoms with E-state index < -0.39 is 10.8 Å². The van der Waals surface area contributed by atoms with Gasteiger partial charge >= 0.3 is 6.03 Å². The van der Waals surface area contributed by atoms with Crippen molar-refractivity contribution in [3.63, 3.8) is 0 Å². The number of hydrogen-bond acceptors (Lipinski definition) is 3. The van der Waals surface area contributed by atoms with E-state index in [1.165, 1.54) is 0 Å². The summed E-state index contributed by atoms with van der Waals surface area (Å²) in [5, 5.41) is 7.29. The normalized spacial score (nSPS) is 19.1. The zero-order valence-electron chi connectivity index (χ0n) is 13.9. The fourth-order valence-electron chi connectivity index (χ4n) is 2.92. The van der Waals surface area contributed by atoms with Crippen LogP contribution in [0.25, 0.3) is 0 Å². The highest BCUT2D eigenvalue weighted by atomic mass is 32.2. The van der Waals surface area contributed by atoms with Crippen LogP contribution in [0.3, 0.4) is 0 Å². The van der Waals surface area contributed by atoms with Gasteiger partial charge < -0.3 is 10.2 Å². The van der Waals surface area contributed by atoms with Crippen molar-refractivity contribution in [3.8, 4) is 0 Å². The Hall–Kier alpha value is -2.15. The lowest BCUT2D eigenvalue weighted by molar-refractivity contribution is 0.175. The number of benzene rings is 1. The van der Waals surface area contributed by atoms with E-state index in [0.29, 0.717) is 12.2 Å². The van der Waals surface area contributed by atoms with Gasteiger partial charge in [0.25, 0.3) is 0 Å². The Balaban J connectivity index is 1.63. The molecule has 1 N–H and O–H groups in total. The fraction of sp³-hybridized carbons (Fsp3) is 0.412. The molecule has 128 valence electrons. The lowest BCUT2D eigenvalue weighted by Gasteiger charge is -2.32. The third kappa shape index (κ3) is 3.84. The summed E-state index contributed by atoms with van der Waals surface area (Å²) in [6.07, 6.45) is 7.50. The molecular formula is C17H22N4O2S. The van der Waals surface area contributed by atoms with Crippen LogP contribution < -0.4 is 5.32 Å². The highest BCUT2D eigenvalue weighted by Gasteiger charge is 2.25. The monoisotopic (exact) mass is 346 g/mol. The first-order valence-corrected chi connectivity index (χ1v) is 9.59. The van der Waals surface area contributed by atoms with Gasteiger partial charge in [0.1, 0.15) is 0 Å². The standard InChI is InChI=1S/C17H22N4O2S/c1-13-10-18-21(11-13)15-4-3-9-20(12-15)17(22)19-14-5-7-16(8-6-14)24(2)23/h5-8,10-11,15H,3-4,9,12H2,1-2H3,(H,19,22). The number of carbonyl (C=O) groups is 1. The zero-order valence-corrected chi connectivity index (χ0v) is 14.8. The summed E-state index contributed by atoms with van der Waals surface area (Å²) in [6.45, 7) is 3.42. The second-order valence-electron chi connectivity index (χ2n) is 6.15. The van der Waals surface area contributed by atoms with Crippen molar-refractivity contribution in [2.24, 2.45) is 0 Å². The maximum absolute atomic E-state index is 12.5. The molecule has 2 heterocycles. The Morgan fingerprint density at radius 1 is 1.33 bits per heavy atom. The number of anilines is 1. The summed E-state index contributed by atoms with van der Waals surface area (Å²) in [7, 11) is -1.01. The number of aromatic nitrogens is 2. The molecule has 1 aliphatic heterocycles. The molecule has 6 nitrogen and oxygen atoms in total. The molecule has 0 saturated carbocycles. The summed E-state index contributed by atoms with van der Waals surface area (Å²) in [5.74, 6) is 0. The van der Waals surface area contributed by atoms with Crippen molar-refractivity contribution in [2.75, 3.05) is 24.7 Å². The van der Waals surface area contributed by atoms with Crippen molar-refractivity contribution < 1.29 is 9.00 Å². The van der Waals surface area contributed by atoms with Gasteiger partial charge in [0, 0.05) is 46.9 Å². The number of urea groups is 1. The van der Waals surface area contributed by atoms with Crippen molar-refractivity contribution in [2.45, 2.75) is 30.7 Å². The highest BCUT2D eigenvalue weighted by Crippen LogP contribution is 2.22. The number of hydrogen-bond donors (Lipinski definition) is 1. The maximum atomic E-state index is 12.5. The molecule has 1 fully saturated rings. The predicted octanol–water partition coefficient (Wildman–Crippen LogP) is 2.80. The van der Waals surface area contributed by atoms with Crippen molar-refractivity contribution in [1.82, 2.24) is 14.7 Å². The molecule has 2 unspecified atom stereocenters. The number of rotatable bonds is 3. The van der Waals surface area contributed by atoms with E-state index in [1.807, 2.05) is 28.9 Å². The molecule has 1 saturated heterocycles. The largest absolute Gasteiger partial charge is 0.322 e. The summed E-state index contributed by atoms with van der Waals surface area (Å²) in [4.78, 5) is 15.1. The third-order valence-corrected chi connectivity index (χ3v) is 5.16. The maximum Gasteiger partial charge on any atom is 0.321 e. The number of likely N-dealkylation sites (tertiary alicyclic amines) is 1. The van der Waals surface area contributed by atoms with E-state index in [4.69, 9.17) is 0 Å². The molecule has 0 bridgehead atoms. The van der Waals surface area contributed by atoms with Gasteiger partial charge in [-0.1, -0.05) is 0 Å². The second kappa shape index (κ2) is 7.17. The van der Waals surface area contributed by atoms with Gasteiger partial charge in [0.2, 0.25) is 0 Å². The minimum Gasteiger partial charge on any atom is -0.322 e. The highest BCUT2D eigenvalue weighted by molar-refractivity contribution is 7.84. The summed E-state index contributed by atoms with van der Waals surface area (Å²) >= 11 is 0. The van der Waals surface area contributed by atoms with Crippen molar-refractivity contribution >= 4 is 22.5 Å². The SMILES string of the molecule is Cc1cnn(C2CCCN(C(=O)Nc3ccc(S(C)=O)cc3)C2)c1. The molecule has 0 aliphatic carbocycles. The smallest absolute Gasteiger partial charge is 0.321 e. The summed E-state index contributed by atoms with van der Waals surface area (Å²) < 4.78 is 13.4. The topological polar surface area (TPSA) is 67.2 Å². The molecule has 7 heteroatoms. The van der Waals surface area contributed by atoms with Crippen LogP contribution in [0.2, 0.25) is 0 Å². The Kier molecular flexibility index (Phi) is 4.99. The second-order valence-corrected chi connectivity index (χ2v) is 7.53. The molecule has 2 aromatic rings. The Morgan fingerprint density at radius 3 is 2.71 bits per heavy atom. The van der Waals surface area contributed by atoms with Crippen LogP contribution in [0.15, 0.2) is 41.6 Å². The quantitative estimate of drug-likeness (QED) is 0.929. The number of aryl methyl sites for hydroxylation is 1. The number of nitrogens with zero attached hydrogens (tertiary/aromatic N) is 3. The van der Waals surface area contributed by atoms with Gasteiger partial charge in [-0.25, -0.2) is 4.79 Å². The molecule has 1 aromatic carbocycles. The molecule has 24 heavy (non-hydrogen) atoms. The first-order valence-electron chi connectivity index (χ1n) is 8.03. The molecular weight excluding hydrogens is 324 g/mol. The van der Waals surface area contributed by atoms with Gasteiger partial charge in [-0.3, -0.25) is 8.89 Å². The van der Waals surface area contributed by atoms with Crippen molar-refractivity contribution in [1.29, 1.82) is 0 Å². The van der Waals surface area contributed by atoms with Gasteiger partial charge in [-0.15, -0.1) is 0 Å². The van der Waals surface area contributed by atoms with Crippen LogP contribution in [0.4, 0.5) is 10.5 Å². The Morgan fingerprint density at radius 2 is 2.08 bits per heavy atom. The van der Waals surface area contributed by atoms with E-state index in [0.717, 1.165) is 29.8 Å². The van der Waals surface area contributed by atoms with E-state index >= 15 is 0 Å². The van der Waals surface area contributed by atoms with Crippen LogP contribution in [0, 0.1) is 6.92 Å². The summed E-state index contributed by atoms with van der Waals surface area (Å²) in [6, 6.07) is 7.24. The number of nitrogens with one attached hydrogen (secondary N) is 1. The first kappa shape index (κ1) is 16.7. The van der Waals surface area contributed by atoms with E-state index in [1.54, 1.807) is 30.5 Å². The van der Waals surface area contributed by atoms with Gasteiger partial charge in [-0.05, 0) is 49.6 Å². The minimum atomic E-state index is -1.01. The van der Waals surface area contributed by atoms with E-state index in [2.05, 4.69) is 10.4 Å². The average Bonchev–Trinajstić information content (AvgIpc) is 3.02. The lowest BCUT2D eigenvalue weighted by atomic mass is 10.1. The molecule has 0 radical (unpaired) electrons. The zero-order chi connectivity index (χ0) is 17.1. The average molecular weight is 346 g/mol. The number of amides is 2. The molecule has 2 atom stereocenters. The fourth-order valence-corrected chi connectivity index (χ4v) is 3.44. The first-order chi connectivity index (χ1) is 11.5. The Bertz CT molecular complexity index is 741. The van der Waals surface area contributed by atoms with Crippen LogP contribution in [-0.2, 0) is 10.8 Å². The van der Waals surface area contributed by atoms with Crippen LogP contribution >= 0.6 is 0 Å². The van der Waals surface area contributed by atoms with Gasteiger partial charge in [-0.2, -0.15) is 5.10 Å². The predicted molar refractivity (Wildman–Crippen MR) is 94.6 cm³/mol. The van der Waals surface area contributed by atoms with Crippen LogP contribution in [0.1, 0.15) is 24.4 Å².